The molecule has 0 spiro atoms. The number of nitrogens with zero attached hydrogens (tertiary/aromatic N) is 2. The molecular formula is C10H9ClN4O3S. The van der Waals surface area contributed by atoms with Gasteiger partial charge in [-0.2, -0.15) is 15.4 Å². The van der Waals surface area contributed by atoms with Gasteiger partial charge in [0, 0.05) is 17.2 Å². The molecule has 100 valence electrons. The molecule has 7 nitrogen and oxygen atoms in total. The number of rotatable bonds is 4. The lowest BCUT2D eigenvalue weighted by atomic mass is 10.2. The highest BCUT2D eigenvalue weighted by Gasteiger charge is 2.10. The van der Waals surface area contributed by atoms with Gasteiger partial charge in [0.15, 0.2) is 5.69 Å². The fraction of sp³-hybridized carbons (Fsp3) is 0.100. The van der Waals surface area contributed by atoms with E-state index in [9.17, 15) is 13.2 Å². The molecule has 1 amide bonds. The Hall–Kier alpha value is -1.93. The lowest BCUT2D eigenvalue weighted by Crippen LogP contribution is -2.23. The third-order valence-electron chi connectivity index (χ3n) is 2.31. The molecule has 9 heteroatoms. The van der Waals surface area contributed by atoms with Gasteiger partial charge >= 0.3 is 0 Å². The van der Waals surface area contributed by atoms with Gasteiger partial charge < -0.3 is 5.32 Å². The van der Waals surface area contributed by atoms with Crippen molar-refractivity contribution in [3.63, 3.8) is 0 Å². The van der Waals surface area contributed by atoms with Crippen LogP contribution in [0.2, 0.25) is 0 Å². The fourth-order valence-corrected chi connectivity index (χ4v) is 2.12. The van der Waals surface area contributed by atoms with Gasteiger partial charge in [-0.25, -0.2) is 8.42 Å². The molecule has 1 aromatic carbocycles. The molecule has 0 saturated heterocycles. The summed E-state index contributed by atoms with van der Waals surface area (Å²) in [6.45, 7) is 0.244. The van der Waals surface area contributed by atoms with Crippen molar-refractivity contribution in [1.82, 2.24) is 20.7 Å². The zero-order chi connectivity index (χ0) is 13.9. The van der Waals surface area contributed by atoms with Gasteiger partial charge in [-0.05, 0) is 17.7 Å². The van der Waals surface area contributed by atoms with Gasteiger partial charge in [0.25, 0.3) is 15.0 Å². The second-order valence-electron chi connectivity index (χ2n) is 3.62. The van der Waals surface area contributed by atoms with Crippen LogP contribution in [0.5, 0.6) is 0 Å². The molecule has 1 aromatic heterocycles. The van der Waals surface area contributed by atoms with Crippen molar-refractivity contribution in [2.45, 2.75) is 11.4 Å². The van der Waals surface area contributed by atoms with Gasteiger partial charge in [-0.1, -0.05) is 12.1 Å². The summed E-state index contributed by atoms with van der Waals surface area (Å²) in [6.07, 6.45) is 1.30. The molecule has 0 unspecified atom stereocenters. The number of amides is 1. The van der Waals surface area contributed by atoms with Crippen LogP contribution in [-0.2, 0) is 15.6 Å². The Morgan fingerprint density at radius 2 is 2.00 bits per heavy atom. The first-order valence-corrected chi connectivity index (χ1v) is 7.45. The molecule has 2 N–H and O–H groups in total. The molecule has 0 aliphatic carbocycles. The summed E-state index contributed by atoms with van der Waals surface area (Å²) < 4.78 is 22.1. The van der Waals surface area contributed by atoms with E-state index in [1.807, 2.05) is 0 Å². The van der Waals surface area contributed by atoms with Crippen LogP contribution in [0, 0.1) is 0 Å². The van der Waals surface area contributed by atoms with Crippen molar-refractivity contribution < 1.29 is 13.2 Å². The Labute approximate surface area is 113 Å². The monoisotopic (exact) mass is 300 g/mol. The third-order valence-corrected chi connectivity index (χ3v) is 3.68. The maximum Gasteiger partial charge on any atom is 0.273 e. The van der Waals surface area contributed by atoms with Gasteiger partial charge in [-0.3, -0.25) is 4.79 Å². The Morgan fingerprint density at radius 1 is 1.32 bits per heavy atom. The maximum absolute atomic E-state index is 11.6. The molecule has 0 bridgehead atoms. The second-order valence-corrected chi connectivity index (χ2v) is 6.19. The third kappa shape index (κ3) is 3.52. The van der Waals surface area contributed by atoms with Gasteiger partial charge in [-0.15, -0.1) is 0 Å². The van der Waals surface area contributed by atoms with Gasteiger partial charge in [0.05, 0.1) is 11.1 Å². The zero-order valence-electron chi connectivity index (χ0n) is 9.50. The summed E-state index contributed by atoms with van der Waals surface area (Å²) >= 11 is 0. The number of aromatic amines is 1. The minimum atomic E-state index is -3.72. The Bertz CT molecular complexity index is 667. The van der Waals surface area contributed by atoms with Gasteiger partial charge in [0.1, 0.15) is 0 Å². The minimum absolute atomic E-state index is 0.0146. The van der Waals surface area contributed by atoms with Crippen molar-refractivity contribution in [3.05, 3.63) is 41.7 Å². The lowest BCUT2D eigenvalue weighted by Gasteiger charge is -2.03. The summed E-state index contributed by atoms with van der Waals surface area (Å²) in [4.78, 5) is 11.6. The smallest absolute Gasteiger partial charge is 0.273 e. The Kier molecular flexibility index (Phi) is 3.82. The largest absolute Gasteiger partial charge is 0.347 e. The standard InChI is InChI=1S/C10H9ClN4O3S/c11-19(17,18)8-3-1-7(2-4-8)5-12-10(16)9-6-13-15-14-9/h1-4,6H,5H2,(H,12,16)(H,13,14,15). The molecule has 1 heterocycles. The van der Waals surface area contributed by atoms with Gasteiger partial charge in [0.2, 0.25) is 0 Å². The van der Waals surface area contributed by atoms with Crippen molar-refractivity contribution in [1.29, 1.82) is 0 Å². The van der Waals surface area contributed by atoms with Crippen molar-refractivity contribution in [2.24, 2.45) is 0 Å². The van der Waals surface area contributed by atoms with E-state index in [4.69, 9.17) is 10.7 Å². The van der Waals surface area contributed by atoms with E-state index in [-0.39, 0.29) is 23.0 Å². The normalized spacial score (nSPS) is 11.2. The number of hydrogen-bond donors (Lipinski definition) is 2. The predicted octanol–water partition coefficient (Wildman–Crippen LogP) is 0.662. The number of carbonyl (C=O) groups is 1. The SMILES string of the molecule is O=C(NCc1ccc(S(=O)(=O)Cl)cc1)c1cn[nH]n1. The molecule has 0 aliphatic heterocycles. The first-order chi connectivity index (χ1) is 8.97. The zero-order valence-corrected chi connectivity index (χ0v) is 11.1. The van der Waals surface area contributed by atoms with E-state index in [1.165, 1.54) is 18.3 Å². The second kappa shape index (κ2) is 5.37. The molecular weight excluding hydrogens is 292 g/mol. The number of halogens is 1. The molecule has 0 fully saturated rings. The summed E-state index contributed by atoms with van der Waals surface area (Å²) in [5.74, 6) is -0.372. The van der Waals surface area contributed by atoms with E-state index in [1.54, 1.807) is 12.1 Å². The quantitative estimate of drug-likeness (QED) is 0.807. The first-order valence-electron chi connectivity index (χ1n) is 5.14. The van der Waals surface area contributed by atoms with Crippen LogP contribution >= 0.6 is 10.7 Å². The number of carbonyl (C=O) groups excluding carboxylic acids is 1. The van der Waals surface area contributed by atoms with Crippen LogP contribution in [0.1, 0.15) is 16.1 Å². The summed E-state index contributed by atoms with van der Waals surface area (Å²) in [5, 5.41) is 12.1. The number of aromatic nitrogens is 3. The van der Waals surface area contributed by atoms with Crippen LogP contribution in [0.3, 0.4) is 0 Å². The number of benzene rings is 1. The maximum atomic E-state index is 11.6. The van der Waals surface area contributed by atoms with E-state index in [2.05, 4.69) is 20.7 Å². The average molecular weight is 301 g/mol. The van der Waals surface area contributed by atoms with Crippen LogP contribution in [0.15, 0.2) is 35.4 Å². The Morgan fingerprint density at radius 3 is 2.53 bits per heavy atom. The van der Waals surface area contributed by atoms with E-state index in [0.717, 1.165) is 5.56 Å². The number of hydrogen-bond acceptors (Lipinski definition) is 5. The minimum Gasteiger partial charge on any atom is -0.347 e. The number of H-pyrrole nitrogens is 1. The molecule has 0 atom stereocenters. The van der Waals surface area contributed by atoms with Crippen LogP contribution < -0.4 is 5.32 Å². The lowest BCUT2D eigenvalue weighted by molar-refractivity contribution is 0.0946. The van der Waals surface area contributed by atoms with E-state index < -0.39 is 9.05 Å². The van der Waals surface area contributed by atoms with E-state index in [0.29, 0.717) is 0 Å². The molecule has 0 aliphatic rings. The van der Waals surface area contributed by atoms with Crippen molar-refractivity contribution in [2.75, 3.05) is 0 Å². The predicted molar refractivity (Wildman–Crippen MR) is 67.0 cm³/mol. The van der Waals surface area contributed by atoms with Crippen LogP contribution in [-0.4, -0.2) is 29.7 Å². The van der Waals surface area contributed by atoms with Crippen LogP contribution in [0.25, 0.3) is 0 Å². The first kappa shape index (κ1) is 13.5. The van der Waals surface area contributed by atoms with Crippen molar-refractivity contribution >= 4 is 25.6 Å². The summed E-state index contributed by atoms with van der Waals surface area (Å²) in [5.41, 5.74) is 0.917. The molecule has 0 radical (unpaired) electrons. The Balaban J connectivity index is 1.99. The average Bonchev–Trinajstić information content (AvgIpc) is 2.89. The number of nitrogens with one attached hydrogen (secondary N) is 2. The van der Waals surface area contributed by atoms with E-state index >= 15 is 0 Å². The summed E-state index contributed by atoms with van der Waals surface area (Å²) in [7, 11) is 1.47. The topological polar surface area (TPSA) is 105 Å². The molecule has 0 saturated carbocycles. The molecule has 2 aromatic rings. The summed E-state index contributed by atoms with van der Waals surface area (Å²) in [6, 6.07) is 5.89. The van der Waals surface area contributed by atoms with Crippen molar-refractivity contribution in [3.8, 4) is 0 Å². The highest BCUT2D eigenvalue weighted by molar-refractivity contribution is 8.13. The fourth-order valence-electron chi connectivity index (χ4n) is 1.35. The highest BCUT2D eigenvalue weighted by Crippen LogP contribution is 2.15. The van der Waals surface area contributed by atoms with Crippen LogP contribution in [0.4, 0.5) is 0 Å². The highest BCUT2D eigenvalue weighted by atomic mass is 35.7. The molecule has 2 rings (SSSR count). The molecule has 19 heavy (non-hydrogen) atoms.